The number of nitrogens with zero attached hydrogens (tertiary/aromatic N) is 2. The van der Waals surface area contributed by atoms with Gasteiger partial charge in [0, 0.05) is 37.9 Å². The van der Waals surface area contributed by atoms with Crippen LogP contribution in [-0.2, 0) is 16.5 Å². The highest BCUT2D eigenvalue weighted by molar-refractivity contribution is 5.26. The molecular weight excluding hydrogens is 192 g/mol. The van der Waals surface area contributed by atoms with Crippen LogP contribution in [0.2, 0.25) is 0 Å². The monoisotopic (exact) mass is 208 g/mol. The maximum Gasteiger partial charge on any atom is 0.109 e. The van der Waals surface area contributed by atoms with Crippen LogP contribution < -0.4 is 0 Å². The van der Waals surface area contributed by atoms with Crippen LogP contribution in [0.3, 0.4) is 0 Å². The van der Waals surface area contributed by atoms with Gasteiger partial charge >= 0.3 is 0 Å². The second-order valence-electron chi connectivity index (χ2n) is 4.35. The Morgan fingerprint density at radius 3 is 2.80 bits per heavy atom. The van der Waals surface area contributed by atoms with Crippen molar-refractivity contribution in [2.45, 2.75) is 24.9 Å². The third kappa shape index (κ3) is 1.79. The number of hydrogen-bond acceptors (Lipinski definition) is 3. The zero-order valence-corrected chi connectivity index (χ0v) is 8.98. The summed E-state index contributed by atoms with van der Waals surface area (Å²) >= 11 is 0. The van der Waals surface area contributed by atoms with Crippen LogP contribution in [0.5, 0.6) is 0 Å². The van der Waals surface area contributed by atoms with E-state index in [1.54, 1.807) is 0 Å². The molecule has 0 N–H and O–H groups in total. The molecule has 0 aliphatic carbocycles. The molecule has 0 spiro atoms. The zero-order valence-electron chi connectivity index (χ0n) is 8.98. The summed E-state index contributed by atoms with van der Waals surface area (Å²) in [6.45, 7) is 2.60. The third-order valence-corrected chi connectivity index (χ3v) is 3.18. The van der Waals surface area contributed by atoms with E-state index in [0.29, 0.717) is 12.0 Å². The molecule has 0 saturated carbocycles. The summed E-state index contributed by atoms with van der Waals surface area (Å²) in [7, 11) is 1.98. The Kier molecular flexibility index (Phi) is 2.25. The van der Waals surface area contributed by atoms with E-state index in [4.69, 9.17) is 9.47 Å². The largest absolute Gasteiger partial charge is 0.381 e. The van der Waals surface area contributed by atoms with E-state index < -0.39 is 0 Å². The Morgan fingerprint density at radius 1 is 1.40 bits per heavy atom. The second kappa shape index (κ2) is 3.61. The van der Waals surface area contributed by atoms with Crippen molar-refractivity contribution in [2.75, 3.05) is 19.8 Å². The molecule has 1 atom stereocenters. The Labute approximate surface area is 89.2 Å². The van der Waals surface area contributed by atoms with Gasteiger partial charge < -0.3 is 9.47 Å². The first-order valence-corrected chi connectivity index (χ1v) is 5.57. The number of aryl methyl sites for hydroxylation is 1. The van der Waals surface area contributed by atoms with Crippen LogP contribution in [0.25, 0.3) is 0 Å². The van der Waals surface area contributed by atoms with Gasteiger partial charge in [0.2, 0.25) is 0 Å². The van der Waals surface area contributed by atoms with Crippen molar-refractivity contribution in [3.05, 3.63) is 17.5 Å². The van der Waals surface area contributed by atoms with E-state index in [2.05, 4.69) is 11.3 Å². The molecule has 0 unspecified atom stereocenters. The average molecular weight is 208 g/mol. The normalized spacial score (nSPS) is 26.9. The summed E-state index contributed by atoms with van der Waals surface area (Å²) in [5, 5.41) is 4.58. The SMILES string of the molecule is Cn1cc([C@H]2CO2)c(C2CCOCC2)n1. The number of ether oxygens (including phenoxy) is 2. The molecule has 3 heterocycles. The molecule has 0 radical (unpaired) electrons. The molecule has 4 heteroatoms. The Morgan fingerprint density at radius 2 is 2.13 bits per heavy atom. The zero-order chi connectivity index (χ0) is 10.3. The number of aromatic nitrogens is 2. The van der Waals surface area contributed by atoms with Gasteiger partial charge in [0.1, 0.15) is 6.10 Å². The smallest absolute Gasteiger partial charge is 0.109 e. The molecule has 15 heavy (non-hydrogen) atoms. The minimum absolute atomic E-state index is 0.316. The van der Waals surface area contributed by atoms with Gasteiger partial charge in [-0.1, -0.05) is 0 Å². The summed E-state index contributed by atoms with van der Waals surface area (Å²) in [6, 6.07) is 0. The maximum absolute atomic E-state index is 5.38. The summed E-state index contributed by atoms with van der Waals surface area (Å²) in [5.74, 6) is 0.569. The van der Waals surface area contributed by atoms with Gasteiger partial charge in [-0.3, -0.25) is 4.68 Å². The second-order valence-corrected chi connectivity index (χ2v) is 4.35. The third-order valence-electron chi connectivity index (χ3n) is 3.18. The molecule has 4 nitrogen and oxygen atoms in total. The number of epoxide rings is 1. The van der Waals surface area contributed by atoms with E-state index in [0.717, 1.165) is 32.7 Å². The fraction of sp³-hybridized carbons (Fsp3) is 0.727. The highest BCUT2D eigenvalue weighted by Gasteiger charge is 2.32. The highest BCUT2D eigenvalue weighted by atomic mass is 16.6. The summed E-state index contributed by atoms with van der Waals surface area (Å²) in [4.78, 5) is 0. The summed E-state index contributed by atoms with van der Waals surface area (Å²) in [6.07, 6.45) is 4.60. The van der Waals surface area contributed by atoms with Gasteiger partial charge in [0.25, 0.3) is 0 Å². The fourth-order valence-electron chi connectivity index (χ4n) is 2.29. The lowest BCUT2D eigenvalue weighted by Crippen LogP contribution is -2.15. The van der Waals surface area contributed by atoms with Crippen molar-refractivity contribution in [3.63, 3.8) is 0 Å². The van der Waals surface area contributed by atoms with Crippen molar-refractivity contribution < 1.29 is 9.47 Å². The van der Waals surface area contributed by atoms with Crippen LogP contribution >= 0.6 is 0 Å². The first-order chi connectivity index (χ1) is 7.34. The Hall–Kier alpha value is -0.870. The molecule has 1 aromatic heterocycles. The lowest BCUT2D eigenvalue weighted by molar-refractivity contribution is 0.0841. The molecular formula is C11H16N2O2. The molecule has 2 fully saturated rings. The predicted molar refractivity (Wildman–Crippen MR) is 54.7 cm³/mol. The van der Waals surface area contributed by atoms with Gasteiger partial charge in [-0.05, 0) is 12.8 Å². The maximum atomic E-state index is 5.38. The summed E-state index contributed by atoms with van der Waals surface area (Å²) in [5.41, 5.74) is 2.53. The van der Waals surface area contributed by atoms with Gasteiger partial charge in [-0.2, -0.15) is 5.10 Å². The minimum atomic E-state index is 0.316. The highest BCUT2D eigenvalue weighted by Crippen LogP contribution is 2.37. The van der Waals surface area contributed by atoms with Crippen molar-refractivity contribution in [3.8, 4) is 0 Å². The molecule has 0 bridgehead atoms. The quantitative estimate of drug-likeness (QED) is 0.689. The first kappa shape index (κ1) is 9.36. The van der Waals surface area contributed by atoms with Crippen LogP contribution in [0.1, 0.15) is 36.1 Å². The van der Waals surface area contributed by atoms with Crippen molar-refractivity contribution in [1.29, 1.82) is 0 Å². The average Bonchev–Trinajstić information content (AvgIpc) is 3.03. The van der Waals surface area contributed by atoms with E-state index in [9.17, 15) is 0 Å². The summed E-state index contributed by atoms with van der Waals surface area (Å²) < 4.78 is 12.6. The lowest BCUT2D eigenvalue weighted by atomic mass is 9.93. The predicted octanol–water partition coefficient (Wildman–Crippen LogP) is 1.39. The minimum Gasteiger partial charge on any atom is -0.381 e. The van der Waals surface area contributed by atoms with Crippen LogP contribution in [0.15, 0.2) is 6.20 Å². The van der Waals surface area contributed by atoms with Gasteiger partial charge in [-0.25, -0.2) is 0 Å². The van der Waals surface area contributed by atoms with E-state index in [1.807, 2.05) is 11.7 Å². The van der Waals surface area contributed by atoms with Crippen molar-refractivity contribution in [1.82, 2.24) is 9.78 Å². The van der Waals surface area contributed by atoms with Crippen molar-refractivity contribution >= 4 is 0 Å². The fourth-order valence-corrected chi connectivity index (χ4v) is 2.29. The van der Waals surface area contributed by atoms with Gasteiger partial charge in [0.15, 0.2) is 0 Å². The molecule has 0 amide bonds. The first-order valence-electron chi connectivity index (χ1n) is 5.57. The van der Waals surface area contributed by atoms with E-state index in [-0.39, 0.29) is 0 Å². The topological polar surface area (TPSA) is 39.6 Å². The molecule has 0 aromatic carbocycles. The number of hydrogen-bond donors (Lipinski definition) is 0. The van der Waals surface area contributed by atoms with Crippen LogP contribution in [0, 0.1) is 0 Å². The standard InChI is InChI=1S/C11H16N2O2/c1-13-6-9(10-7-15-10)11(12-13)8-2-4-14-5-3-8/h6,8,10H,2-5,7H2,1H3/t10-/m1/s1. The van der Waals surface area contributed by atoms with E-state index in [1.165, 1.54) is 11.3 Å². The van der Waals surface area contributed by atoms with Crippen molar-refractivity contribution in [2.24, 2.45) is 7.05 Å². The Balaban J connectivity index is 1.87. The molecule has 2 aliphatic heterocycles. The van der Waals surface area contributed by atoms with Gasteiger partial charge in [0.05, 0.1) is 12.3 Å². The molecule has 82 valence electrons. The number of rotatable bonds is 2. The van der Waals surface area contributed by atoms with Crippen LogP contribution in [-0.4, -0.2) is 29.6 Å². The van der Waals surface area contributed by atoms with Gasteiger partial charge in [-0.15, -0.1) is 0 Å². The Bertz CT molecular complexity index is 351. The van der Waals surface area contributed by atoms with Crippen LogP contribution in [0.4, 0.5) is 0 Å². The molecule has 2 aliphatic rings. The molecule has 3 rings (SSSR count). The molecule has 2 saturated heterocycles. The van der Waals surface area contributed by atoms with E-state index >= 15 is 0 Å². The lowest BCUT2D eigenvalue weighted by Gasteiger charge is -2.21. The molecule has 1 aromatic rings.